The van der Waals surface area contributed by atoms with E-state index in [0.717, 1.165) is 33.4 Å². The Morgan fingerprint density at radius 1 is 1.20 bits per heavy atom. The van der Waals surface area contributed by atoms with E-state index in [4.69, 9.17) is 11.6 Å². The fraction of sp³-hybridized carbons (Fsp3) is 0.158. The van der Waals surface area contributed by atoms with Crippen LogP contribution in [0.3, 0.4) is 0 Å². The number of fused-ring (bicyclic) bond motifs is 1. The van der Waals surface area contributed by atoms with E-state index in [9.17, 15) is 4.79 Å². The summed E-state index contributed by atoms with van der Waals surface area (Å²) in [5, 5.41) is 8.25. The number of aromatic nitrogens is 2. The monoisotopic (exact) mass is 415 g/mol. The van der Waals surface area contributed by atoms with Crippen molar-refractivity contribution >= 4 is 33.4 Å². The Kier molecular flexibility index (Phi) is 4.36. The number of aromatic amines is 1. The van der Waals surface area contributed by atoms with Crippen molar-refractivity contribution < 1.29 is 4.79 Å². The average molecular weight is 417 g/mol. The minimum atomic E-state index is 0.0244. The lowest BCUT2D eigenvalue weighted by atomic mass is 10.0. The highest BCUT2D eigenvalue weighted by atomic mass is 79.9. The van der Waals surface area contributed by atoms with Crippen LogP contribution in [-0.2, 0) is 13.0 Å². The van der Waals surface area contributed by atoms with Crippen molar-refractivity contribution in [1.82, 2.24) is 15.1 Å². The molecule has 0 atom stereocenters. The van der Waals surface area contributed by atoms with Gasteiger partial charge in [-0.1, -0.05) is 35.9 Å². The number of rotatable bonds is 2. The molecule has 1 amide bonds. The summed E-state index contributed by atoms with van der Waals surface area (Å²) in [6.07, 6.45) is 0.763. The highest BCUT2D eigenvalue weighted by Gasteiger charge is 2.27. The van der Waals surface area contributed by atoms with Gasteiger partial charge >= 0.3 is 0 Å². The molecule has 0 bridgehead atoms. The largest absolute Gasteiger partial charge is 0.334 e. The van der Waals surface area contributed by atoms with Crippen LogP contribution in [0.25, 0.3) is 11.3 Å². The molecule has 2 heterocycles. The molecule has 25 heavy (non-hydrogen) atoms. The molecule has 2 aromatic carbocycles. The van der Waals surface area contributed by atoms with Crippen molar-refractivity contribution in [1.29, 1.82) is 0 Å². The summed E-state index contributed by atoms with van der Waals surface area (Å²) < 4.78 is 0.813. The summed E-state index contributed by atoms with van der Waals surface area (Å²) in [4.78, 5) is 14.8. The number of carbonyl (C=O) groups excluding carboxylic acids is 1. The first-order valence-electron chi connectivity index (χ1n) is 7.99. The Balaban J connectivity index is 1.66. The van der Waals surface area contributed by atoms with Gasteiger partial charge in [-0.05, 0) is 40.2 Å². The second kappa shape index (κ2) is 6.65. The smallest absolute Gasteiger partial charge is 0.255 e. The van der Waals surface area contributed by atoms with Crippen molar-refractivity contribution in [2.75, 3.05) is 6.54 Å². The fourth-order valence-corrected chi connectivity index (χ4v) is 3.79. The highest BCUT2D eigenvalue weighted by molar-refractivity contribution is 9.10. The molecule has 0 unspecified atom stereocenters. The molecule has 1 aliphatic rings. The number of amides is 1. The summed E-state index contributed by atoms with van der Waals surface area (Å²) in [7, 11) is 0. The van der Waals surface area contributed by atoms with Crippen molar-refractivity contribution in [2.24, 2.45) is 0 Å². The van der Waals surface area contributed by atoms with E-state index >= 15 is 0 Å². The van der Waals surface area contributed by atoms with Gasteiger partial charge < -0.3 is 4.90 Å². The predicted molar refractivity (Wildman–Crippen MR) is 102 cm³/mol. The topological polar surface area (TPSA) is 49.0 Å². The number of nitrogens with zero attached hydrogens (tertiary/aromatic N) is 2. The Morgan fingerprint density at radius 2 is 2.04 bits per heavy atom. The van der Waals surface area contributed by atoms with Gasteiger partial charge in [-0.25, -0.2) is 0 Å². The van der Waals surface area contributed by atoms with Crippen LogP contribution in [0.2, 0.25) is 5.02 Å². The van der Waals surface area contributed by atoms with E-state index in [1.54, 1.807) is 0 Å². The number of benzene rings is 2. The standard InChI is InChI=1S/C19H15BrClN3O/c20-16-7-2-1-6-14(16)19(25)24-9-8-17-15(11-24)18(23-22-17)12-4-3-5-13(21)10-12/h1-7,10H,8-9,11H2,(H,22,23). The lowest BCUT2D eigenvalue weighted by molar-refractivity contribution is 0.0733. The van der Waals surface area contributed by atoms with Crippen LogP contribution in [0, 0.1) is 0 Å². The minimum Gasteiger partial charge on any atom is -0.334 e. The van der Waals surface area contributed by atoms with Gasteiger partial charge in [0.25, 0.3) is 5.91 Å². The Hall–Kier alpha value is -2.11. The lowest BCUT2D eigenvalue weighted by Gasteiger charge is -2.27. The van der Waals surface area contributed by atoms with Gasteiger partial charge in [0.1, 0.15) is 0 Å². The molecular weight excluding hydrogens is 402 g/mol. The quantitative estimate of drug-likeness (QED) is 0.659. The van der Waals surface area contributed by atoms with Gasteiger partial charge in [0.05, 0.1) is 11.3 Å². The minimum absolute atomic E-state index is 0.0244. The van der Waals surface area contributed by atoms with E-state index in [2.05, 4.69) is 26.1 Å². The zero-order chi connectivity index (χ0) is 17.4. The summed E-state index contributed by atoms with van der Waals surface area (Å²) in [6, 6.07) is 15.1. The van der Waals surface area contributed by atoms with Gasteiger partial charge in [-0.15, -0.1) is 0 Å². The third kappa shape index (κ3) is 3.10. The summed E-state index contributed by atoms with van der Waals surface area (Å²) in [5.41, 5.74) is 4.65. The van der Waals surface area contributed by atoms with Crippen LogP contribution in [0.5, 0.6) is 0 Å². The molecule has 0 saturated carbocycles. The van der Waals surface area contributed by atoms with E-state index in [-0.39, 0.29) is 5.91 Å². The Bertz CT molecular complexity index is 953. The number of nitrogens with one attached hydrogen (secondary N) is 1. The fourth-order valence-electron chi connectivity index (χ4n) is 3.15. The summed E-state index contributed by atoms with van der Waals surface area (Å²) in [5.74, 6) is 0.0244. The Morgan fingerprint density at radius 3 is 2.84 bits per heavy atom. The third-order valence-corrected chi connectivity index (χ3v) is 5.35. The van der Waals surface area contributed by atoms with E-state index in [0.29, 0.717) is 23.7 Å². The summed E-state index contributed by atoms with van der Waals surface area (Å²) in [6.45, 7) is 1.21. The van der Waals surface area contributed by atoms with E-state index in [1.165, 1.54) is 0 Å². The maximum absolute atomic E-state index is 12.9. The molecule has 0 aliphatic carbocycles. The van der Waals surface area contributed by atoms with Crippen LogP contribution in [0.15, 0.2) is 53.0 Å². The first kappa shape index (κ1) is 16.4. The molecule has 4 nitrogen and oxygen atoms in total. The van der Waals surface area contributed by atoms with Gasteiger partial charge in [0.15, 0.2) is 0 Å². The number of hydrogen-bond acceptors (Lipinski definition) is 2. The molecule has 6 heteroatoms. The maximum Gasteiger partial charge on any atom is 0.255 e. The molecular formula is C19H15BrClN3O. The average Bonchev–Trinajstić information content (AvgIpc) is 3.05. The molecule has 126 valence electrons. The molecule has 1 aromatic heterocycles. The molecule has 4 rings (SSSR count). The maximum atomic E-state index is 12.9. The molecule has 0 radical (unpaired) electrons. The van der Waals surface area contributed by atoms with Crippen LogP contribution in [0.4, 0.5) is 0 Å². The molecule has 1 N–H and O–H groups in total. The van der Waals surface area contributed by atoms with E-state index < -0.39 is 0 Å². The molecule has 1 aliphatic heterocycles. The summed E-state index contributed by atoms with van der Waals surface area (Å²) >= 11 is 9.58. The molecule has 0 spiro atoms. The SMILES string of the molecule is O=C(c1ccccc1Br)N1CCc2[nH]nc(-c3cccc(Cl)c3)c2C1. The number of halogens is 2. The highest BCUT2D eigenvalue weighted by Crippen LogP contribution is 2.30. The van der Waals surface area contributed by atoms with Crippen LogP contribution in [-0.4, -0.2) is 27.5 Å². The normalized spacial score (nSPS) is 13.6. The first-order chi connectivity index (χ1) is 12.1. The van der Waals surface area contributed by atoms with Crippen molar-refractivity contribution in [2.45, 2.75) is 13.0 Å². The number of carbonyl (C=O) groups is 1. The molecule has 0 saturated heterocycles. The van der Waals surface area contributed by atoms with Crippen LogP contribution < -0.4 is 0 Å². The predicted octanol–water partition coefficient (Wildman–Crippen LogP) is 4.69. The van der Waals surface area contributed by atoms with Crippen molar-refractivity contribution in [3.8, 4) is 11.3 Å². The second-order valence-corrected chi connectivity index (χ2v) is 7.29. The Labute approximate surface area is 158 Å². The van der Waals surface area contributed by atoms with Crippen molar-refractivity contribution in [3.05, 3.63) is 74.8 Å². The zero-order valence-electron chi connectivity index (χ0n) is 13.3. The molecule has 3 aromatic rings. The van der Waals surface area contributed by atoms with Gasteiger partial charge in [0.2, 0.25) is 0 Å². The van der Waals surface area contributed by atoms with Crippen LogP contribution in [0.1, 0.15) is 21.6 Å². The third-order valence-electron chi connectivity index (χ3n) is 4.42. The number of H-pyrrole nitrogens is 1. The van der Waals surface area contributed by atoms with Crippen LogP contribution >= 0.6 is 27.5 Å². The number of hydrogen-bond donors (Lipinski definition) is 1. The van der Waals surface area contributed by atoms with E-state index in [1.807, 2.05) is 53.4 Å². The van der Waals surface area contributed by atoms with Gasteiger partial charge in [-0.2, -0.15) is 5.10 Å². The molecule has 0 fully saturated rings. The van der Waals surface area contributed by atoms with Gasteiger partial charge in [0, 0.05) is 45.8 Å². The van der Waals surface area contributed by atoms with Gasteiger partial charge in [-0.3, -0.25) is 9.89 Å². The first-order valence-corrected chi connectivity index (χ1v) is 9.16. The van der Waals surface area contributed by atoms with Crippen molar-refractivity contribution in [3.63, 3.8) is 0 Å². The zero-order valence-corrected chi connectivity index (χ0v) is 15.6. The lowest BCUT2D eigenvalue weighted by Crippen LogP contribution is -2.36. The second-order valence-electron chi connectivity index (χ2n) is 6.00.